The fourth-order valence-electron chi connectivity index (χ4n) is 1.58. The van der Waals surface area contributed by atoms with E-state index in [2.05, 4.69) is 4.98 Å². The first kappa shape index (κ1) is 10.8. The number of aryl methyl sites for hydroxylation is 1. The predicted octanol–water partition coefficient (Wildman–Crippen LogP) is 1.75. The summed E-state index contributed by atoms with van der Waals surface area (Å²) in [5.41, 5.74) is 5.95. The molecule has 1 atom stereocenters. The monoisotopic (exact) mass is 223 g/mol. The topological polar surface area (TPSA) is 43.8 Å². The minimum Gasteiger partial charge on any atom is -0.336 e. The SMILES string of the molecule is Cn1ccnc1C(N)c1cccc(F)c1F. The summed E-state index contributed by atoms with van der Waals surface area (Å²) in [6.07, 6.45) is 3.26. The maximum atomic E-state index is 13.5. The lowest BCUT2D eigenvalue weighted by Crippen LogP contribution is -2.18. The zero-order chi connectivity index (χ0) is 11.7. The Balaban J connectivity index is 2.46. The van der Waals surface area contributed by atoms with Crippen LogP contribution in [0.15, 0.2) is 30.6 Å². The van der Waals surface area contributed by atoms with Crippen LogP contribution >= 0.6 is 0 Å². The van der Waals surface area contributed by atoms with Gasteiger partial charge in [0.25, 0.3) is 0 Å². The second kappa shape index (κ2) is 4.02. The van der Waals surface area contributed by atoms with E-state index in [0.717, 1.165) is 6.07 Å². The number of hydrogen-bond donors (Lipinski definition) is 1. The highest BCUT2D eigenvalue weighted by Gasteiger charge is 2.19. The molecule has 0 spiro atoms. The van der Waals surface area contributed by atoms with E-state index in [9.17, 15) is 8.78 Å². The smallest absolute Gasteiger partial charge is 0.164 e. The highest BCUT2D eigenvalue weighted by atomic mass is 19.2. The minimum absolute atomic E-state index is 0.106. The summed E-state index contributed by atoms with van der Waals surface area (Å²) in [7, 11) is 1.75. The van der Waals surface area contributed by atoms with Crippen LogP contribution in [-0.4, -0.2) is 9.55 Å². The van der Waals surface area contributed by atoms with E-state index in [-0.39, 0.29) is 5.56 Å². The molecular weight excluding hydrogens is 212 g/mol. The van der Waals surface area contributed by atoms with Gasteiger partial charge in [-0.15, -0.1) is 0 Å². The Morgan fingerprint density at radius 3 is 2.75 bits per heavy atom. The van der Waals surface area contributed by atoms with Gasteiger partial charge in [-0.05, 0) is 6.07 Å². The van der Waals surface area contributed by atoms with Crippen LogP contribution in [0.2, 0.25) is 0 Å². The molecule has 5 heteroatoms. The van der Waals surface area contributed by atoms with Crippen molar-refractivity contribution >= 4 is 0 Å². The Kier molecular flexibility index (Phi) is 2.70. The third-order valence-electron chi connectivity index (χ3n) is 2.45. The summed E-state index contributed by atoms with van der Waals surface area (Å²) in [5.74, 6) is -1.33. The number of nitrogens with zero attached hydrogens (tertiary/aromatic N) is 2. The van der Waals surface area contributed by atoms with Gasteiger partial charge in [-0.2, -0.15) is 0 Å². The van der Waals surface area contributed by atoms with Crippen molar-refractivity contribution in [2.75, 3.05) is 0 Å². The Morgan fingerprint density at radius 2 is 2.12 bits per heavy atom. The molecule has 0 aliphatic heterocycles. The highest BCUT2D eigenvalue weighted by molar-refractivity contribution is 5.27. The molecule has 0 aliphatic rings. The first-order chi connectivity index (χ1) is 7.61. The van der Waals surface area contributed by atoms with Gasteiger partial charge in [-0.25, -0.2) is 13.8 Å². The standard InChI is InChI=1S/C11H11F2N3/c1-16-6-5-15-11(16)10(14)7-3-2-4-8(12)9(7)13/h2-6,10H,14H2,1H3. The van der Waals surface area contributed by atoms with Crippen LogP contribution in [0.1, 0.15) is 17.4 Å². The van der Waals surface area contributed by atoms with Crippen LogP contribution in [0, 0.1) is 11.6 Å². The van der Waals surface area contributed by atoms with Gasteiger partial charge in [0.2, 0.25) is 0 Å². The van der Waals surface area contributed by atoms with Crippen molar-refractivity contribution in [2.24, 2.45) is 12.8 Å². The first-order valence-electron chi connectivity index (χ1n) is 4.78. The van der Waals surface area contributed by atoms with Crippen LogP contribution in [0.25, 0.3) is 0 Å². The lowest BCUT2D eigenvalue weighted by atomic mass is 10.1. The van der Waals surface area contributed by atoms with Gasteiger partial charge < -0.3 is 10.3 Å². The molecule has 2 N–H and O–H groups in total. The highest BCUT2D eigenvalue weighted by Crippen LogP contribution is 2.21. The lowest BCUT2D eigenvalue weighted by Gasteiger charge is -2.12. The Morgan fingerprint density at radius 1 is 1.38 bits per heavy atom. The minimum atomic E-state index is -0.919. The molecule has 0 radical (unpaired) electrons. The molecule has 0 fully saturated rings. The van der Waals surface area contributed by atoms with Crippen molar-refractivity contribution < 1.29 is 8.78 Å². The predicted molar refractivity (Wildman–Crippen MR) is 55.6 cm³/mol. The summed E-state index contributed by atoms with van der Waals surface area (Å²) < 4.78 is 28.2. The summed E-state index contributed by atoms with van der Waals surface area (Å²) in [6, 6.07) is 3.17. The van der Waals surface area contributed by atoms with Crippen LogP contribution < -0.4 is 5.73 Å². The quantitative estimate of drug-likeness (QED) is 0.842. The van der Waals surface area contributed by atoms with Crippen molar-refractivity contribution in [1.82, 2.24) is 9.55 Å². The molecular formula is C11H11F2N3. The molecule has 0 bridgehead atoms. The molecule has 0 aliphatic carbocycles. The van der Waals surface area contributed by atoms with Crippen molar-refractivity contribution in [3.05, 3.63) is 53.6 Å². The van der Waals surface area contributed by atoms with E-state index in [4.69, 9.17) is 5.73 Å². The maximum Gasteiger partial charge on any atom is 0.164 e. The largest absolute Gasteiger partial charge is 0.336 e. The van der Waals surface area contributed by atoms with Gasteiger partial charge >= 0.3 is 0 Å². The first-order valence-corrected chi connectivity index (χ1v) is 4.78. The summed E-state index contributed by atoms with van der Waals surface area (Å²) >= 11 is 0. The second-order valence-electron chi connectivity index (χ2n) is 3.52. The molecule has 0 amide bonds. The van der Waals surface area contributed by atoms with Crippen molar-refractivity contribution in [2.45, 2.75) is 6.04 Å². The van der Waals surface area contributed by atoms with Gasteiger partial charge in [-0.3, -0.25) is 0 Å². The molecule has 84 valence electrons. The molecule has 2 rings (SSSR count). The van der Waals surface area contributed by atoms with Crippen LogP contribution in [0.3, 0.4) is 0 Å². The Labute approximate surface area is 91.5 Å². The fraction of sp³-hybridized carbons (Fsp3) is 0.182. The maximum absolute atomic E-state index is 13.5. The molecule has 1 heterocycles. The van der Waals surface area contributed by atoms with Crippen molar-refractivity contribution in [3.63, 3.8) is 0 Å². The van der Waals surface area contributed by atoms with Crippen LogP contribution in [0.5, 0.6) is 0 Å². The number of halogens is 2. The van der Waals surface area contributed by atoms with E-state index >= 15 is 0 Å². The third kappa shape index (κ3) is 1.69. The zero-order valence-corrected chi connectivity index (χ0v) is 8.69. The summed E-state index contributed by atoms with van der Waals surface area (Å²) in [6.45, 7) is 0. The number of benzene rings is 1. The molecule has 0 saturated carbocycles. The van der Waals surface area contributed by atoms with Crippen molar-refractivity contribution in [1.29, 1.82) is 0 Å². The molecule has 0 saturated heterocycles. The molecule has 3 nitrogen and oxygen atoms in total. The van der Waals surface area contributed by atoms with Gasteiger partial charge in [0.15, 0.2) is 11.6 Å². The second-order valence-corrected chi connectivity index (χ2v) is 3.52. The van der Waals surface area contributed by atoms with Gasteiger partial charge in [0.05, 0.1) is 6.04 Å². The van der Waals surface area contributed by atoms with E-state index in [1.807, 2.05) is 0 Å². The van der Waals surface area contributed by atoms with Crippen LogP contribution in [-0.2, 0) is 7.05 Å². The number of nitrogens with two attached hydrogens (primary N) is 1. The summed E-state index contributed by atoms with van der Waals surface area (Å²) in [5, 5.41) is 0. The number of aromatic nitrogens is 2. The van der Waals surface area contributed by atoms with Gasteiger partial charge in [0, 0.05) is 25.0 Å². The van der Waals surface area contributed by atoms with E-state index in [0.29, 0.717) is 5.82 Å². The average molecular weight is 223 g/mol. The van der Waals surface area contributed by atoms with E-state index < -0.39 is 17.7 Å². The van der Waals surface area contributed by atoms with Gasteiger partial charge in [-0.1, -0.05) is 12.1 Å². The molecule has 16 heavy (non-hydrogen) atoms. The van der Waals surface area contributed by atoms with Crippen molar-refractivity contribution in [3.8, 4) is 0 Å². The Bertz CT molecular complexity index is 508. The zero-order valence-electron chi connectivity index (χ0n) is 8.69. The molecule has 2 aromatic rings. The van der Waals surface area contributed by atoms with Crippen LogP contribution in [0.4, 0.5) is 8.78 Å². The lowest BCUT2D eigenvalue weighted by molar-refractivity contribution is 0.491. The molecule has 1 aromatic heterocycles. The fourth-order valence-corrected chi connectivity index (χ4v) is 1.58. The molecule has 1 aromatic carbocycles. The number of hydrogen-bond acceptors (Lipinski definition) is 2. The van der Waals surface area contributed by atoms with Gasteiger partial charge in [0.1, 0.15) is 5.82 Å². The van der Waals surface area contributed by atoms with E-state index in [1.54, 1.807) is 24.0 Å². The molecule has 1 unspecified atom stereocenters. The summed E-state index contributed by atoms with van der Waals surface area (Å²) in [4.78, 5) is 4.01. The number of imidazole rings is 1. The van der Waals surface area contributed by atoms with E-state index in [1.165, 1.54) is 12.1 Å². The third-order valence-corrected chi connectivity index (χ3v) is 2.45. The Hall–Kier alpha value is -1.75. The number of rotatable bonds is 2. The average Bonchev–Trinajstić information content (AvgIpc) is 2.68. The normalized spacial score (nSPS) is 12.8.